The average Bonchev–Trinajstić information content (AvgIpc) is 2.66. The molecule has 0 aliphatic carbocycles. The first-order valence-corrected chi connectivity index (χ1v) is 4.74. The van der Waals surface area contributed by atoms with Gasteiger partial charge in [0.15, 0.2) is 0 Å². The van der Waals surface area contributed by atoms with Crippen molar-refractivity contribution >= 4 is 23.5 Å². The summed E-state index contributed by atoms with van der Waals surface area (Å²) in [5.41, 5.74) is 0.860. The number of nitrogens with zero attached hydrogens (tertiary/aromatic N) is 1. The van der Waals surface area contributed by atoms with Crippen LogP contribution >= 0.6 is 11.6 Å². The van der Waals surface area contributed by atoms with Gasteiger partial charge in [-0.1, -0.05) is 23.7 Å². The summed E-state index contributed by atoms with van der Waals surface area (Å²) in [6.07, 6.45) is 0. The molecule has 1 N–H and O–H groups in total. The van der Waals surface area contributed by atoms with Crippen molar-refractivity contribution in [2.24, 2.45) is 4.99 Å². The van der Waals surface area contributed by atoms with E-state index in [4.69, 9.17) is 21.4 Å². The van der Waals surface area contributed by atoms with Gasteiger partial charge in [0.05, 0.1) is 0 Å². The Bertz CT molecular complexity index is 430. The lowest BCUT2D eigenvalue weighted by atomic mass is 10.1. The van der Waals surface area contributed by atoms with Gasteiger partial charge >= 0.3 is 5.97 Å². The molecule has 0 bridgehead atoms. The third-order valence-electron chi connectivity index (χ3n) is 2.07. The number of ether oxygens (including phenoxy) is 1. The highest BCUT2D eigenvalue weighted by atomic mass is 35.5. The fraction of sp³-hybridized carbons (Fsp3) is 0.200. The number of carbonyl (C=O) groups is 1. The predicted molar refractivity (Wildman–Crippen MR) is 55.2 cm³/mol. The Kier molecular flexibility index (Phi) is 2.60. The molecular formula is C10H8ClNO3. The van der Waals surface area contributed by atoms with Gasteiger partial charge in [0.1, 0.15) is 12.6 Å². The molecule has 1 atom stereocenters. The molecule has 1 aromatic rings. The summed E-state index contributed by atoms with van der Waals surface area (Å²) in [7, 11) is 0. The molecule has 1 aliphatic heterocycles. The van der Waals surface area contributed by atoms with Gasteiger partial charge in [-0.2, -0.15) is 0 Å². The minimum Gasteiger partial charge on any atom is -0.474 e. The van der Waals surface area contributed by atoms with Crippen molar-refractivity contribution in [3.05, 3.63) is 34.9 Å². The lowest BCUT2D eigenvalue weighted by molar-refractivity contribution is -0.130. The van der Waals surface area contributed by atoms with Crippen LogP contribution in [-0.2, 0) is 9.53 Å². The van der Waals surface area contributed by atoms with Crippen molar-refractivity contribution in [2.75, 3.05) is 6.61 Å². The molecule has 1 aromatic carbocycles. The molecule has 4 nitrogen and oxygen atoms in total. The Labute approximate surface area is 91.2 Å². The van der Waals surface area contributed by atoms with Crippen molar-refractivity contribution in [3.63, 3.8) is 0 Å². The molecule has 0 saturated carbocycles. The molecule has 0 radical (unpaired) electrons. The zero-order valence-corrected chi connectivity index (χ0v) is 8.44. The van der Waals surface area contributed by atoms with E-state index in [9.17, 15) is 4.79 Å². The van der Waals surface area contributed by atoms with Crippen LogP contribution in [0.15, 0.2) is 29.3 Å². The summed E-state index contributed by atoms with van der Waals surface area (Å²) in [5.74, 6) is -1.38. The topological polar surface area (TPSA) is 58.9 Å². The first-order valence-electron chi connectivity index (χ1n) is 4.36. The summed E-state index contributed by atoms with van der Waals surface area (Å²) in [6, 6.07) is 6.88. The summed E-state index contributed by atoms with van der Waals surface area (Å²) in [4.78, 5) is 14.5. The number of hydrogen-bond acceptors (Lipinski definition) is 3. The van der Waals surface area contributed by atoms with Gasteiger partial charge in [-0.3, -0.25) is 0 Å². The number of carboxylic acids is 1. The van der Waals surface area contributed by atoms with Gasteiger partial charge in [-0.15, -0.1) is 0 Å². The predicted octanol–water partition coefficient (Wildman–Crippen LogP) is 1.89. The maximum atomic E-state index is 10.6. The average molecular weight is 226 g/mol. The maximum absolute atomic E-state index is 10.6. The Morgan fingerprint density at radius 3 is 3.00 bits per heavy atom. The fourth-order valence-electron chi connectivity index (χ4n) is 1.38. The van der Waals surface area contributed by atoms with E-state index in [-0.39, 0.29) is 18.5 Å². The second-order valence-corrected chi connectivity index (χ2v) is 3.56. The number of carboxylic acid groups (broad SMARTS) is 1. The van der Waals surface area contributed by atoms with Gasteiger partial charge in [-0.05, 0) is 17.7 Å². The molecule has 1 aliphatic rings. The third kappa shape index (κ3) is 2.10. The minimum absolute atomic E-state index is 0.236. The lowest BCUT2D eigenvalue weighted by Gasteiger charge is -2.04. The highest BCUT2D eigenvalue weighted by Crippen LogP contribution is 2.25. The highest BCUT2D eigenvalue weighted by Gasteiger charge is 2.24. The van der Waals surface area contributed by atoms with E-state index in [2.05, 4.69) is 4.99 Å². The van der Waals surface area contributed by atoms with E-state index >= 15 is 0 Å². The minimum atomic E-state index is -1.14. The first kappa shape index (κ1) is 9.98. The monoisotopic (exact) mass is 225 g/mol. The zero-order valence-electron chi connectivity index (χ0n) is 7.68. The molecule has 5 heteroatoms. The number of aliphatic imine (C=N–C) groups is 1. The van der Waals surface area contributed by atoms with Crippen molar-refractivity contribution < 1.29 is 14.6 Å². The van der Waals surface area contributed by atoms with Crippen LogP contribution in [0.25, 0.3) is 0 Å². The Balaban J connectivity index is 2.24. The second-order valence-electron chi connectivity index (χ2n) is 3.12. The van der Waals surface area contributed by atoms with Crippen LogP contribution in [0.1, 0.15) is 11.6 Å². The van der Waals surface area contributed by atoms with Crippen LogP contribution in [0.3, 0.4) is 0 Å². The van der Waals surface area contributed by atoms with Crippen LogP contribution in [0.5, 0.6) is 0 Å². The Morgan fingerprint density at radius 2 is 2.40 bits per heavy atom. The van der Waals surface area contributed by atoms with E-state index < -0.39 is 5.97 Å². The Morgan fingerprint density at radius 1 is 1.60 bits per heavy atom. The van der Waals surface area contributed by atoms with Gasteiger partial charge in [0.25, 0.3) is 5.90 Å². The van der Waals surface area contributed by atoms with E-state index in [1.54, 1.807) is 18.2 Å². The van der Waals surface area contributed by atoms with E-state index in [1.165, 1.54) is 0 Å². The highest BCUT2D eigenvalue weighted by molar-refractivity contribution is 6.32. The molecule has 1 unspecified atom stereocenters. The standard InChI is InChI=1S/C10H8ClNO3/c11-7-3-1-2-6(4-7)8-5-15-9(12-8)10(13)14/h1-4,8H,5H2,(H,13,14). The van der Waals surface area contributed by atoms with Crippen molar-refractivity contribution in [1.82, 2.24) is 0 Å². The second kappa shape index (κ2) is 3.90. The summed E-state index contributed by atoms with van der Waals surface area (Å²) in [5, 5.41) is 9.25. The SMILES string of the molecule is O=C(O)C1=NC(c2cccc(Cl)c2)CO1. The van der Waals surface area contributed by atoms with Gasteiger partial charge < -0.3 is 9.84 Å². The van der Waals surface area contributed by atoms with Crippen molar-refractivity contribution in [2.45, 2.75) is 6.04 Å². The van der Waals surface area contributed by atoms with Crippen LogP contribution in [-0.4, -0.2) is 23.6 Å². The first-order chi connectivity index (χ1) is 7.16. The van der Waals surface area contributed by atoms with E-state index in [0.717, 1.165) is 5.56 Å². The molecule has 15 heavy (non-hydrogen) atoms. The van der Waals surface area contributed by atoms with Crippen molar-refractivity contribution in [3.8, 4) is 0 Å². The van der Waals surface area contributed by atoms with Gasteiger partial charge in [0.2, 0.25) is 0 Å². The van der Waals surface area contributed by atoms with Gasteiger partial charge in [-0.25, -0.2) is 9.79 Å². The molecule has 1 heterocycles. The molecule has 0 aromatic heterocycles. The normalized spacial score (nSPS) is 19.5. The number of benzene rings is 1. The molecular weight excluding hydrogens is 218 g/mol. The lowest BCUT2D eigenvalue weighted by Crippen LogP contribution is -2.12. The zero-order chi connectivity index (χ0) is 10.8. The Hall–Kier alpha value is -1.55. The molecule has 0 spiro atoms. The number of hydrogen-bond donors (Lipinski definition) is 1. The van der Waals surface area contributed by atoms with Crippen LogP contribution in [0, 0.1) is 0 Å². The summed E-state index contributed by atoms with van der Waals surface area (Å²) in [6.45, 7) is 0.252. The smallest absolute Gasteiger partial charge is 0.391 e. The maximum Gasteiger partial charge on any atom is 0.391 e. The van der Waals surface area contributed by atoms with Crippen LogP contribution in [0.4, 0.5) is 0 Å². The number of rotatable bonds is 2. The summed E-state index contributed by atoms with van der Waals surface area (Å²) < 4.78 is 4.93. The molecule has 0 saturated heterocycles. The summed E-state index contributed by atoms with van der Waals surface area (Å²) >= 11 is 5.82. The van der Waals surface area contributed by atoms with E-state index in [1.807, 2.05) is 6.07 Å². The third-order valence-corrected chi connectivity index (χ3v) is 2.30. The fourth-order valence-corrected chi connectivity index (χ4v) is 1.57. The molecule has 0 amide bonds. The number of halogens is 1. The van der Waals surface area contributed by atoms with Gasteiger partial charge in [0, 0.05) is 5.02 Å². The van der Waals surface area contributed by atoms with Crippen LogP contribution < -0.4 is 0 Å². The quantitative estimate of drug-likeness (QED) is 0.836. The molecule has 2 rings (SSSR count). The van der Waals surface area contributed by atoms with Crippen LogP contribution in [0.2, 0.25) is 5.02 Å². The number of aliphatic carboxylic acids is 1. The largest absolute Gasteiger partial charge is 0.474 e. The molecule has 78 valence electrons. The van der Waals surface area contributed by atoms with Crippen molar-refractivity contribution in [1.29, 1.82) is 0 Å². The molecule has 0 fully saturated rings. The van der Waals surface area contributed by atoms with E-state index in [0.29, 0.717) is 5.02 Å².